The van der Waals surface area contributed by atoms with Gasteiger partial charge in [0.2, 0.25) is 0 Å². The summed E-state index contributed by atoms with van der Waals surface area (Å²) in [5, 5.41) is 3.16. The number of carbonyl (C=O) groups is 2. The van der Waals surface area contributed by atoms with Crippen molar-refractivity contribution in [3.63, 3.8) is 0 Å². The molecule has 1 aliphatic rings. The summed E-state index contributed by atoms with van der Waals surface area (Å²) >= 11 is 11.7. The molecule has 0 unspecified atom stereocenters. The highest BCUT2D eigenvalue weighted by atomic mass is 35.5. The van der Waals surface area contributed by atoms with Gasteiger partial charge in [0.15, 0.2) is 6.61 Å². The van der Waals surface area contributed by atoms with E-state index in [-0.39, 0.29) is 23.5 Å². The maximum atomic E-state index is 11.6. The molecule has 0 aromatic heterocycles. The van der Waals surface area contributed by atoms with Crippen LogP contribution < -0.4 is 5.32 Å². The van der Waals surface area contributed by atoms with E-state index in [9.17, 15) is 9.59 Å². The number of rotatable bonds is 4. The second-order valence-electron chi connectivity index (χ2n) is 4.58. The van der Waals surface area contributed by atoms with Crippen molar-refractivity contribution in [2.75, 3.05) is 11.9 Å². The van der Waals surface area contributed by atoms with Gasteiger partial charge in [-0.15, -0.1) is 0 Å². The van der Waals surface area contributed by atoms with E-state index in [0.29, 0.717) is 16.6 Å². The minimum absolute atomic E-state index is 0.0532. The number of halogens is 2. The molecule has 1 fully saturated rings. The zero-order valence-electron chi connectivity index (χ0n) is 10.3. The van der Waals surface area contributed by atoms with Crippen LogP contribution in [0, 0.1) is 11.8 Å². The molecule has 1 N–H and O–H groups in total. The standard InChI is InChI=1S/C13H13Cl2NO3/c1-7-5-8(7)13(18)19-6-11(17)16-10-4-2-3-9(14)12(10)15/h2-4,7-8H,5-6H2,1H3,(H,16,17)/t7-,8-/m1/s1. The average Bonchev–Trinajstić information content (AvgIpc) is 3.09. The predicted octanol–water partition coefficient (Wildman–Crippen LogP) is 3.13. The number of nitrogens with one attached hydrogen (secondary N) is 1. The second kappa shape index (κ2) is 5.80. The number of anilines is 1. The second-order valence-corrected chi connectivity index (χ2v) is 5.36. The van der Waals surface area contributed by atoms with Crippen molar-refractivity contribution < 1.29 is 14.3 Å². The molecule has 6 heteroatoms. The summed E-state index contributed by atoms with van der Waals surface area (Å²) in [7, 11) is 0. The van der Waals surface area contributed by atoms with E-state index >= 15 is 0 Å². The molecule has 0 bridgehead atoms. The first-order valence-corrected chi connectivity index (χ1v) is 6.65. The molecule has 0 radical (unpaired) electrons. The molecule has 0 heterocycles. The quantitative estimate of drug-likeness (QED) is 0.869. The molecule has 0 aliphatic heterocycles. The summed E-state index contributed by atoms with van der Waals surface area (Å²) in [5.74, 6) is -0.453. The number of esters is 1. The average molecular weight is 302 g/mol. The first-order valence-electron chi connectivity index (χ1n) is 5.89. The van der Waals surface area contributed by atoms with Gasteiger partial charge >= 0.3 is 5.97 Å². The molecule has 102 valence electrons. The summed E-state index contributed by atoms with van der Waals surface area (Å²) in [6, 6.07) is 4.91. The van der Waals surface area contributed by atoms with E-state index in [0.717, 1.165) is 6.42 Å². The Morgan fingerprint density at radius 3 is 2.74 bits per heavy atom. The van der Waals surface area contributed by atoms with E-state index in [4.69, 9.17) is 27.9 Å². The maximum absolute atomic E-state index is 11.6. The van der Waals surface area contributed by atoms with Gasteiger partial charge in [0.25, 0.3) is 5.91 Å². The molecule has 0 saturated heterocycles. The minimum atomic E-state index is -0.439. The Kier molecular flexibility index (Phi) is 4.32. The van der Waals surface area contributed by atoms with Crippen molar-refractivity contribution in [2.45, 2.75) is 13.3 Å². The fourth-order valence-corrected chi connectivity index (χ4v) is 2.03. The molecule has 2 atom stereocenters. The molecule has 1 aromatic rings. The molecular weight excluding hydrogens is 289 g/mol. The lowest BCUT2D eigenvalue weighted by Crippen LogP contribution is -2.21. The number of carbonyl (C=O) groups excluding carboxylic acids is 2. The Balaban J connectivity index is 1.84. The first-order chi connectivity index (χ1) is 8.99. The molecule has 2 rings (SSSR count). The largest absolute Gasteiger partial charge is 0.455 e. The monoisotopic (exact) mass is 301 g/mol. The molecule has 1 aromatic carbocycles. The maximum Gasteiger partial charge on any atom is 0.309 e. The third-order valence-electron chi connectivity index (χ3n) is 2.98. The summed E-state index contributed by atoms with van der Waals surface area (Å²) in [5.41, 5.74) is 0.398. The van der Waals surface area contributed by atoms with E-state index in [1.54, 1.807) is 18.2 Å². The fraction of sp³-hybridized carbons (Fsp3) is 0.385. The fourth-order valence-electron chi connectivity index (χ4n) is 1.68. The van der Waals surface area contributed by atoms with Gasteiger partial charge in [-0.2, -0.15) is 0 Å². The van der Waals surface area contributed by atoms with Gasteiger partial charge in [-0.05, 0) is 24.5 Å². The highest BCUT2D eigenvalue weighted by Gasteiger charge is 2.40. The van der Waals surface area contributed by atoms with Crippen LogP contribution >= 0.6 is 23.2 Å². The van der Waals surface area contributed by atoms with Crippen LogP contribution in [0.2, 0.25) is 10.0 Å². The summed E-state index contributed by atoms with van der Waals surface area (Å²) in [4.78, 5) is 23.1. The zero-order chi connectivity index (χ0) is 14.0. The third-order valence-corrected chi connectivity index (χ3v) is 3.80. The third kappa shape index (κ3) is 3.61. The van der Waals surface area contributed by atoms with E-state index < -0.39 is 5.91 Å². The topological polar surface area (TPSA) is 55.4 Å². The Hall–Kier alpha value is -1.26. The SMILES string of the molecule is C[C@@H]1C[C@H]1C(=O)OCC(=O)Nc1cccc(Cl)c1Cl. The van der Waals surface area contributed by atoms with Crippen molar-refractivity contribution in [3.8, 4) is 0 Å². The lowest BCUT2D eigenvalue weighted by molar-refractivity contribution is -0.148. The molecule has 1 aliphatic carbocycles. The number of amides is 1. The van der Waals surface area contributed by atoms with Crippen LogP contribution in [-0.2, 0) is 14.3 Å². The van der Waals surface area contributed by atoms with E-state index in [1.165, 1.54) is 0 Å². The Morgan fingerprint density at radius 1 is 1.42 bits per heavy atom. The van der Waals surface area contributed by atoms with Crippen LogP contribution in [0.4, 0.5) is 5.69 Å². The molecular formula is C13H13Cl2NO3. The van der Waals surface area contributed by atoms with Crippen LogP contribution in [0.5, 0.6) is 0 Å². The highest BCUT2D eigenvalue weighted by molar-refractivity contribution is 6.43. The van der Waals surface area contributed by atoms with Crippen LogP contribution in [0.1, 0.15) is 13.3 Å². The lowest BCUT2D eigenvalue weighted by Gasteiger charge is -2.08. The van der Waals surface area contributed by atoms with Gasteiger partial charge in [0.1, 0.15) is 0 Å². The first kappa shape index (κ1) is 14.2. The van der Waals surface area contributed by atoms with Crippen molar-refractivity contribution in [1.82, 2.24) is 0 Å². The van der Waals surface area contributed by atoms with E-state index in [1.807, 2.05) is 6.92 Å². The van der Waals surface area contributed by atoms with Gasteiger partial charge in [-0.1, -0.05) is 36.2 Å². The summed E-state index contributed by atoms with van der Waals surface area (Å²) < 4.78 is 4.91. The van der Waals surface area contributed by atoms with Crippen molar-refractivity contribution in [3.05, 3.63) is 28.2 Å². The number of benzene rings is 1. The van der Waals surface area contributed by atoms with Gasteiger partial charge < -0.3 is 10.1 Å². The Labute approximate surface area is 121 Å². The summed E-state index contributed by atoms with van der Waals surface area (Å²) in [6.07, 6.45) is 0.834. The normalized spacial score (nSPS) is 20.8. The van der Waals surface area contributed by atoms with Crippen molar-refractivity contribution >= 4 is 40.8 Å². The van der Waals surface area contributed by atoms with Crippen LogP contribution in [0.3, 0.4) is 0 Å². The summed E-state index contributed by atoms with van der Waals surface area (Å²) in [6.45, 7) is 1.66. The van der Waals surface area contributed by atoms with Crippen LogP contribution in [0.25, 0.3) is 0 Å². The Morgan fingerprint density at radius 2 is 2.11 bits per heavy atom. The highest BCUT2D eigenvalue weighted by Crippen LogP contribution is 2.38. The lowest BCUT2D eigenvalue weighted by atomic mass is 10.3. The smallest absolute Gasteiger partial charge is 0.309 e. The van der Waals surface area contributed by atoms with Crippen LogP contribution in [0.15, 0.2) is 18.2 Å². The number of ether oxygens (including phenoxy) is 1. The van der Waals surface area contributed by atoms with E-state index in [2.05, 4.69) is 5.32 Å². The molecule has 4 nitrogen and oxygen atoms in total. The van der Waals surface area contributed by atoms with Crippen molar-refractivity contribution in [1.29, 1.82) is 0 Å². The predicted molar refractivity (Wildman–Crippen MR) is 73.3 cm³/mol. The van der Waals surface area contributed by atoms with Gasteiger partial charge in [0.05, 0.1) is 21.7 Å². The molecule has 19 heavy (non-hydrogen) atoms. The number of hydrogen-bond acceptors (Lipinski definition) is 3. The van der Waals surface area contributed by atoms with Gasteiger partial charge in [-0.25, -0.2) is 0 Å². The molecule has 1 saturated carbocycles. The zero-order valence-corrected chi connectivity index (χ0v) is 11.8. The molecule has 1 amide bonds. The minimum Gasteiger partial charge on any atom is -0.455 e. The van der Waals surface area contributed by atoms with Gasteiger partial charge in [0, 0.05) is 0 Å². The Bertz CT molecular complexity index is 519. The van der Waals surface area contributed by atoms with Crippen molar-refractivity contribution in [2.24, 2.45) is 11.8 Å². The molecule has 0 spiro atoms. The number of hydrogen-bond donors (Lipinski definition) is 1. The van der Waals surface area contributed by atoms with Crippen LogP contribution in [-0.4, -0.2) is 18.5 Å². The van der Waals surface area contributed by atoms with Gasteiger partial charge in [-0.3, -0.25) is 9.59 Å².